The largest absolute Gasteiger partial charge is 0.384 e. The number of benzene rings is 1. The summed E-state index contributed by atoms with van der Waals surface area (Å²) >= 11 is 1.35. The SMILES string of the molecule is O=S(=O)(Nc1nc(C2CC2)cs1)c1ccc2c(c1)NCC2. The number of hydrogen-bond acceptors (Lipinski definition) is 5. The maximum atomic E-state index is 12.4. The fourth-order valence-electron chi connectivity index (χ4n) is 2.51. The first kappa shape index (κ1) is 13.1. The molecule has 1 fully saturated rings. The van der Waals surface area contributed by atoms with E-state index in [-0.39, 0.29) is 4.90 Å². The monoisotopic (exact) mass is 321 g/mol. The number of nitrogens with zero attached hydrogens (tertiary/aromatic N) is 1. The van der Waals surface area contributed by atoms with Gasteiger partial charge in [-0.05, 0) is 37.0 Å². The van der Waals surface area contributed by atoms with Crippen molar-refractivity contribution in [2.24, 2.45) is 0 Å². The van der Waals surface area contributed by atoms with Crippen LogP contribution in [0.2, 0.25) is 0 Å². The first-order valence-electron chi connectivity index (χ1n) is 6.97. The van der Waals surface area contributed by atoms with Crippen molar-refractivity contribution in [3.8, 4) is 0 Å². The van der Waals surface area contributed by atoms with E-state index in [4.69, 9.17) is 0 Å². The second-order valence-corrected chi connectivity index (χ2v) is 7.99. The van der Waals surface area contributed by atoms with E-state index in [1.807, 2.05) is 11.4 Å². The van der Waals surface area contributed by atoms with Gasteiger partial charge in [-0.2, -0.15) is 0 Å². The molecule has 2 heterocycles. The van der Waals surface area contributed by atoms with Gasteiger partial charge in [-0.1, -0.05) is 6.07 Å². The Morgan fingerprint density at radius 2 is 2.19 bits per heavy atom. The highest BCUT2D eigenvalue weighted by molar-refractivity contribution is 7.93. The molecule has 7 heteroatoms. The zero-order valence-electron chi connectivity index (χ0n) is 11.3. The van der Waals surface area contributed by atoms with Crippen molar-refractivity contribution < 1.29 is 8.42 Å². The quantitative estimate of drug-likeness (QED) is 0.908. The van der Waals surface area contributed by atoms with E-state index in [1.54, 1.807) is 12.1 Å². The molecule has 2 aliphatic rings. The summed E-state index contributed by atoms with van der Waals surface area (Å²) in [4.78, 5) is 4.64. The van der Waals surface area contributed by atoms with Gasteiger partial charge in [0.1, 0.15) is 0 Å². The molecule has 110 valence electrons. The van der Waals surface area contributed by atoms with E-state index in [0.717, 1.165) is 37.2 Å². The normalized spacial score (nSPS) is 17.3. The lowest BCUT2D eigenvalue weighted by Crippen LogP contribution is -2.13. The van der Waals surface area contributed by atoms with Gasteiger partial charge in [0.25, 0.3) is 10.0 Å². The predicted octanol–water partition coefficient (Wildman–Crippen LogP) is 2.79. The molecular formula is C14H15N3O2S2. The van der Waals surface area contributed by atoms with E-state index in [2.05, 4.69) is 15.0 Å². The van der Waals surface area contributed by atoms with Crippen molar-refractivity contribution in [1.29, 1.82) is 0 Å². The molecule has 2 N–H and O–H groups in total. The molecule has 1 aromatic carbocycles. The molecule has 0 atom stereocenters. The fourth-order valence-corrected chi connectivity index (χ4v) is 4.58. The third kappa shape index (κ3) is 2.51. The van der Waals surface area contributed by atoms with Gasteiger partial charge in [0.15, 0.2) is 5.13 Å². The standard InChI is InChI=1S/C14H15N3O2S2/c18-21(19,11-4-3-10-5-6-15-12(10)7-11)17-14-16-13(8-20-14)9-1-2-9/h3-4,7-9,15H,1-2,5-6H2,(H,16,17). The Labute approximate surface area is 127 Å². The summed E-state index contributed by atoms with van der Waals surface area (Å²) in [5.41, 5.74) is 3.09. The highest BCUT2D eigenvalue weighted by atomic mass is 32.2. The predicted molar refractivity (Wildman–Crippen MR) is 83.5 cm³/mol. The first-order valence-corrected chi connectivity index (χ1v) is 9.33. The minimum absolute atomic E-state index is 0.277. The molecule has 4 rings (SSSR count). The van der Waals surface area contributed by atoms with Gasteiger partial charge in [-0.3, -0.25) is 4.72 Å². The van der Waals surface area contributed by atoms with Gasteiger partial charge in [-0.15, -0.1) is 11.3 Å². The maximum Gasteiger partial charge on any atom is 0.263 e. The summed E-state index contributed by atoms with van der Waals surface area (Å²) in [6, 6.07) is 5.23. The van der Waals surface area contributed by atoms with Gasteiger partial charge in [-0.25, -0.2) is 13.4 Å². The first-order chi connectivity index (χ1) is 10.1. The Hall–Kier alpha value is -1.60. The molecule has 1 aliphatic heterocycles. The molecule has 0 saturated heterocycles. The van der Waals surface area contributed by atoms with Gasteiger partial charge in [0, 0.05) is 23.5 Å². The Kier molecular flexibility index (Phi) is 2.93. The molecule has 5 nitrogen and oxygen atoms in total. The Balaban J connectivity index is 1.60. The molecule has 0 amide bonds. The fraction of sp³-hybridized carbons (Fsp3) is 0.357. The number of thiazole rings is 1. The van der Waals surface area contributed by atoms with Crippen molar-refractivity contribution in [3.05, 3.63) is 34.8 Å². The minimum atomic E-state index is -3.57. The highest BCUT2D eigenvalue weighted by Gasteiger charge is 2.27. The second-order valence-electron chi connectivity index (χ2n) is 5.45. The van der Waals surface area contributed by atoms with Crippen molar-refractivity contribution >= 4 is 32.2 Å². The van der Waals surface area contributed by atoms with E-state index in [1.165, 1.54) is 16.9 Å². The molecule has 0 bridgehead atoms. The third-order valence-electron chi connectivity index (χ3n) is 3.84. The van der Waals surface area contributed by atoms with Gasteiger partial charge >= 0.3 is 0 Å². The number of aromatic nitrogens is 1. The number of anilines is 2. The van der Waals surface area contributed by atoms with Crippen LogP contribution in [0.3, 0.4) is 0 Å². The Morgan fingerprint density at radius 1 is 1.33 bits per heavy atom. The lowest BCUT2D eigenvalue weighted by Gasteiger charge is -2.07. The molecule has 1 saturated carbocycles. The van der Waals surface area contributed by atoms with Crippen LogP contribution in [0, 0.1) is 0 Å². The molecule has 1 aromatic heterocycles. The van der Waals surface area contributed by atoms with Crippen LogP contribution in [-0.2, 0) is 16.4 Å². The topological polar surface area (TPSA) is 71.1 Å². The second kappa shape index (κ2) is 4.71. The van der Waals surface area contributed by atoms with E-state index >= 15 is 0 Å². The molecule has 0 unspecified atom stereocenters. The van der Waals surface area contributed by atoms with E-state index < -0.39 is 10.0 Å². The van der Waals surface area contributed by atoms with Crippen LogP contribution in [0.4, 0.5) is 10.8 Å². The van der Waals surface area contributed by atoms with Crippen LogP contribution < -0.4 is 10.0 Å². The Morgan fingerprint density at radius 3 is 3.00 bits per heavy atom. The zero-order chi connectivity index (χ0) is 14.4. The van der Waals surface area contributed by atoms with Crippen LogP contribution >= 0.6 is 11.3 Å². The van der Waals surface area contributed by atoms with Gasteiger partial charge in [0.2, 0.25) is 0 Å². The third-order valence-corrected chi connectivity index (χ3v) is 6.08. The molecule has 21 heavy (non-hydrogen) atoms. The zero-order valence-corrected chi connectivity index (χ0v) is 12.9. The lowest BCUT2D eigenvalue weighted by molar-refractivity contribution is 0.601. The highest BCUT2D eigenvalue weighted by Crippen LogP contribution is 2.41. The lowest BCUT2D eigenvalue weighted by atomic mass is 10.2. The van der Waals surface area contributed by atoms with Crippen LogP contribution in [0.15, 0.2) is 28.5 Å². The molecule has 0 spiro atoms. The van der Waals surface area contributed by atoms with Gasteiger partial charge in [0.05, 0.1) is 10.6 Å². The number of rotatable bonds is 4. The summed E-state index contributed by atoms with van der Waals surface area (Å²) in [5.74, 6) is 0.531. The van der Waals surface area contributed by atoms with Crippen LogP contribution in [0.1, 0.15) is 30.0 Å². The smallest absolute Gasteiger partial charge is 0.263 e. The summed E-state index contributed by atoms with van der Waals surface area (Å²) in [7, 11) is -3.57. The van der Waals surface area contributed by atoms with Crippen molar-refractivity contribution in [1.82, 2.24) is 4.98 Å². The average Bonchev–Trinajstić information content (AvgIpc) is 3.02. The summed E-state index contributed by atoms with van der Waals surface area (Å²) in [6.07, 6.45) is 3.26. The van der Waals surface area contributed by atoms with E-state index in [9.17, 15) is 8.42 Å². The number of sulfonamides is 1. The van der Waals surface area contributed by atoms with Crippen molar-refractivity contribution in [2.75, 3.05) is 16.6 Å². The van der Waals surface area contributed by atoms with Crippen LogP contribution in [-0.4, -0.2) is 19.9 Å². The molecule has 2 aromatic rings. The minimum Gasteiger partial charge on any atom is -0.384 e. The summed E-state index contributed by atoms with van der Waals surface area (Å²) in [6.45, 7) is 0.865. The maximum absolute atomic E-state index is 12.4. The van der Waals surface area contributed by atoms with Crippen molar-refractivity contribution in [2.45, 2.75) is 30.1 Å². The van der Waals surface area contributed by atoms with Crippen molar-refractivity contribution in [3.63, 3.8) is 0 Å². The van der Waals surface area contributed by atoms with Crippen LogP contribution in [0.25, 0.3) is 0 Å². The number of fused-ring (bicyclic) bond motifs is 1. The van der Waals surface area contributed by atoms with Crippen LogP contribution in [0.5, 0.6) is 0 Å². The van der Waals surface area contributed by atoms with Gasteiger partial charge < -0.3 is 5.32 Å². The number of nitrogens with one attached hydrogen (secondary N) is 2. The Bertz CT molecular complexity index is 794. The average molecular weight is 321 g/mol. The van der Waals surface area contributed by atoms with E-state index in [0.29, 0.717) is 11.0 Å². The summed E-state index contributed by atoms with van der Waals surface area (Å²) in [5, 5.41) is 5.59. The molecule has 1 aliphatic carbocycles. The molecular weight excluding hydrogens is 306 g/mol. The number of hydrogen-bond donors (Lipinski definition) is 2. The molecule has 0 radical (unpaired) electrons. The summed E-state index contributed by atoms with van der Waals surface area (Å²) < 4.78 is 27.4.